The largest absolute Gasteiger partial charge is 0.385 e. The van der Waals surface area contributed by atoms with Gasteiger partial charge in [-0.2, -0.15) is 0 Å². The molecule has 0 aliphatic carbocycles. The van der Waals surface area contributed by atoms with E-state index in [4.69, 9.17) is 0 Å². The van der Waals surface area contributed by atoms with Crippen LogP contribution in [0.5, 0.6) is 0 Å². The van der Waals surface area contributed by atoms with Crippen LogP contribution < -0.4 is 5.32 Å². The van der Waals surface area contributed by atoms with Gasteiger partial charge in [0, 0.05) is 40.7 Å². The number of benzene rings is 2. The normalized spacial score (nSPS) is 14.5. The number of aromatic nitrogens is 1. The topological polar surface area (TPSA) is 62.0 Å². The molecule has 2 N–H and O–H groups in total. The maximum atomic E-state index is 11.7. The van der Waals surface area contributed by atoms with Gasteiger partial charge in [-0.25, -0.2) is 8.42 Å². The summed E-state index contributed by atoms with van der Waals surface area (Å²) in [5, 5.41) is 4.56. The summed E-state index contributed by atoms with van der Waals surface area (Å²) in [5.41, 5.74) is 6.43. The van der Waals surface area contributed by atoms with Crippen molar-refractivity contribution in [1.29, 1.82) is 0 Å². The number of hydrogen-bond donors (Lipinski definition) is 2. The number of nitrogens with one attached hydrogen (secondary N) is 2. The Labute approximate surface area is 141 Å². The first-order valence-corrected chi connectivity index (χ1v) is 9.71. The molecule has 0 unspecified atom stereocenters. The average Bonchev–Trinajstić information content (AvgIpc) is 2.83. The molecular formula is C19H18N2O2S. The van der Waals surface area contributed by atoms with Crippen molar-refractivity contribution in [3.63, 3.8) is 0 Å². The first-order valence-electron chi connectivity index (χ1n) is 7.82. The van der Waals surface area contributed by atoms with Crippen LogP contribution in [0.25, 0.3) is 27.9 Å². The zero-order valence-corrected chi connectivity index (χ0v) is 14.2. The second-order valence-corrected chi connectivity index (χ2v) is 8.17. The Kier molecular flexibility index (Phi) is 3.28. The highest BCUT2D eigenvalue weighted by Gasteiger charge is 2.19. The van der Waals surface area contributed by atoms with Crippen LogP contribution in [0.1, 0.15) is 11.1 Å². The van der Waals surface area contributed by atoms with Crippen LogP contribution in [0.2, 0.25) is 0 Å². The van der Waals surface area contributed by atoms with E-state index in [1.807, 2.05) is 18.2 Å². The van der Waals surface area contributed by atoms with Gasteiger partial charge in [-0.1, -0.05) is 30.8 Å². The molecule has 24 heavy (non-hydrogen) atoms. The molecule has 5 heteroatoms. The van der Waals surface area contributed by atoms with E-state index in [0.29, 0.717) is 4.90 Å². The summed E-state index contributed by atoms with van der Waals surface area (Å²) in [7, 11) is -3.18. The Morgan fingerprint density at radius 1 is 1.08 bits per heavy atom. The fourth-order valence-electron chi connectivity index (χ4n) is 3.37. The summed E-state index contributed by atoms with van der Waals surface area (Å²) < 4.78 is 23.3. The molecule has 1 aliphatic heterocycles. The van der Waals surface area contributed by atoms with E-state index in [1.165, 1.54) is 17.2 Å². The Bertz CT molecular complexity index is 1060. The second-order valence-electron chi connectivity index (χ2n) is 6.16. The van der Waals surface area contributed by atoms with Gasteiger partial charge in [-0.05, 0) is 35.7 Å². The standard InChI is InChI=1S/C19H18N2O2S/c1-12-15-4-3-5-17-18(15)16(10-11-20-12)19(21-17)13-6-8-14(9-7-13)24(2,22)23/h3-9,20-21H,1,10-11H2,2H3. The molecule has 0 spiro atoms. The first-order chi connectivity index (χ1) is 11.4. The van der Waals surface area contributed by atoms with Crippen molar-refractivity contribution in [1.82, 2.24) is 10.3 Å². The van der Waals surface area contributed by atoms with Crippen LogP contribution in [0, 0.1) is 0 Å². The third-order valence-corrected chi connectivity index (χ3v) is 5.67. The molecule has 0 radical (unpaired) electrons. The first kappa shape index (κ1) is 15.0. The van der Waals surface area contributed by atoms with Gasteiger partial charge in [-0.15, -0.1) is 0 Å². The monoisotopic (exact) mass is 338 g/mol. The molecule has 0 amide bonds. The number of H-pyrrole nitrogens is 1. The number of aromatic amines is 1. The number of hydrogen-bond acceptors (Lipinski definition) is 3. The highest BCUT2D eigenvalue weighted by atomic mass is 32.2. The fourth-order valence-corrected chi connectivity index (χ4v) is 4.00. The van der Waals surface area contributed by atoms with Crippen molar-refractivity contribution in [2.45, 2.75) is 11.3 Å². The Morgan fingerprint density at radius 3 is 2.54 bits per heavy atom. The van der Waals surface area contributed by atoms with Crippen LogP contribution in [-0.4, -0.2) is 26.2 Å². The smallest absolute Gasteiger partial charge is 0.175 e. The van der Waals surface area contributed by atoms with Gasteiger partial charge >= 0.3 is 0 Å². The molecule has 3 aromatic rings. The van der Waals surface area contributed by atoms with Gasteiger partial charge in [-0.3, -0.25) is 0 Å². The summed E-state index contributed by atoms with van der Waals surface area (Å²) in [6.07, 6.45) is 2.11. The van der Waals surface area contributed by atoms with E-state index in [0.717, 1.165) is 41.0 Å². The van der Waals surface area contributed by atoms with Crippen LogP contribution in [0.3, 0.4) is 0 Å². The zero-order chi connectivity index (χ0) is 16.9. The SMILES string of the molecule is C=C1NCCc2c(-c3ccc(S(C)(=O)=O)cc3)[nH]c3cccc1c23. The van der Waals surface area contributed by atoms with Crippen molar-refractivity contribution in [2.75, 3.05) is 12.8 Å². The van der Waals surface area contributed by atoms with Gasteiger partial charge in [0.2, 0.25) is 0 Å². The fraction of sp³-hybridized carbons (Fsp3) is 0.158. The summed E-state index contributed by atoms with van der Waals surface area (Å²) in [4.78, 5) is 3.84. The molecule has 0 bridgehead atoms. The highest BCUT2D eigenvalue weighted by molar-refractivity contribution is 7.90. The molecule has 4 rings (SSSR count). The summed E-state index contributed by atoms with van der Waals surface area (Å²) in [6.45, 7) is 4.96. The van der Waals surface area contributed by atoms with Crippen LogP contribution in [0.4, 0.5) is 0 Å². The van der Waals surface area contributed by atoms with E-state index in [1.54, 1.807) is 12.1 Å². The van der Waals surface area contributed by atoms with E-state index in [9.17, 15) is 8.42 Å². The zero-order valence-electron chi connectivity index (χ0n) is 13.4. The molecule has 0 saturated heterocycles. The molecule has 4 nitrogen and oxygen atoms in total. The van der Waals surface area contributed by atoms with Crippen LogP contribution in [-0.2, 0) is 16.3 Å². The Hall–Kier alpha value is -2.53. The molecule has 1 aliphatic rings. The molecule has 2 aromatic carbocycles. The maximum Gasteiger partial charge on any atom is 0.175 e. The van der Waals surface area contributed by atoms with Gasteiger partial charge in [0.05, 0.1) is 4.90 Å². The van der Waals surface area contributed by atoms with Crippen molar-refractivity contribution >= 4 is 26.4 Å². The molecular weight excluding hydrogens is 320 g/mol. The maximum absolute atomic E-state index is 11.7. The van der Waals surface area contributed by atoms with Crippen LogP contribution >= 0.6 is 0 Å². The molecule has 1 aromatic heterocycles. The van der Waals surface area contributed by atoms with E-state index in [-0.39, 0.29) is 0 Å². The van der Waals surface area contributed by atoms with Crippen molar-refractivity contribution in [3.8, 4) is 11.3 Å². The third-order valence-electron chi connectivity index (χ3n) is 4.54. The predicted molar refractivity (Wildman–Crippen MR) is 97.6 cm³/mol. The van der Waals surface area contributed by atoms with Crippen LogP contribution in [0.15, 0.2) is 53.9 Å². The average molecular weight is 338 g/mol. The van der Waals surface area contributed by atoms with E-state index >= 15 is 0 Å². The lowest BCUT2D eigenvalue weighted by atomic mass is 10.00. The second kappa shape index (κ2) is 5.24. The minimum absolute atomic E-state index is 0.337. The summed E-state index contributed by atoms with van der Waals surface area (Å²) >= 11 is 0. The summed E-state index contributed by atoms with van der Waals surface area (Å²) in [6, 6.07) is 13.2. The number of sulfone groups is 1. The lowest BCUT2D eigenvalue weighted by Crippen LogP contribution is -2.12. The molecule has 122 valence electrons. The Balaban J connectivity index is 1.93. The van der Waals surface area contributed by atoms with Crippen molar-refractivity contribution < 1.29 is 8.42 Å². The lowest BCUT2D eigenvalue weighted by molar-refractivity contribution is 0.602. The minimum Gasteiger partial charge on any atom is -0.385 e. The van der Waals surface area contributed by atoms with E-state index in [2.05, 4.69) is 29.0 Å². The molecule has 0 saturated carbocycles. The Morgan fingerprint density at radius 2 is 1.83 bits per heavy atom. The van der Waals surface area contributed by atoms with Gasteiger partial charge in [0.15, 0.2) is 9.84 Å². The molecule has 0 fully saturated rings. The van der Waals surface area contributed by atoms with Gasteiger partial charge in [0.1, 0.15) is 0 Å². The number of rotatable bonds is 2. The lowest BCUT2D eigenvalue weighted by Gasteiger charge is -2.06. The van der Waals surface area contributed by atoms with Crippen molar-refractivity contribution in [3.05, 3.63) is 60.2 Å². The minimum atomic E-state index is -3.18. The highest BCUT2D eigenvalue weighted by Crippen LogP contribution is 2.36. The van der Waals surface area contributed by atoms with Gasteiger partial charge < -0.3 is 10.3 Å². The van der Waals surface area contributed by atoms with Gasteiger partial charge in [0.25, 0.3) is 0 Å². The molecule has 2 heterocycles. The third kappa shape index (κ3) is 2.32. The summed E-state index contributed by atoms with van der Waals surface area (Å²) in [5.74, 6) is 0. The quantitative estimate of drug-likeness (QED) is 0.753. The molecule has 0 atom stereocenters. The van der Waals surface area contributed by atoms with Crippen molar-refractivity contribution in [2.24, 2.45) is 0 Å². The van der Waals surface area contributed by atoms with E-state index < -0.39 is 9.84 Å². The predicted octanol–water partition coefficient (Wildman–Crippen LogP) is 3.35.